The van der Waals surface area contributed by atoms with E-state index in [0.29, 0.717) is 0 Å². The Morgan fingerprint density at radius 2 is 2.24 bits per heavy atom. The molecule has 0 bridgehead atoms. The van der Waals surface area contributed by atoms with Gasteiger partial charge in [0.05, 0.1) is 6.33 Å². The Labute approximate surface area is 106 Å². The monoisotopic (exact) mass is 247 g/mol. The lowest BCUT2D eigenvalue weighted by Gasteiger charge is -2.08. The summed E-state index contributed by atoms with van der Waals surface area (Å²) < 4.78 is 2.15. The van der Waals surface area contributed by atoms with Gasteiger partial charge >= 0.3 is 0 Å². The molecule has 0 saturated carbocycles. The summed E-state index contributed by atoms with van der Waals surface area (Å²) in [4.78, 5) is 5.31. The van der Waals surface area contributed by atoms with Crippen molar-refractivity contribution in [2.24, 2.45) is 0 Å². The third kappa shape index (κ3) is 2.64. The second-order valence-electron chi connectivity index (χ2n) is 3.95. The number of imidazole rings is 1. The lowest BCUT2D eigenvalue weighted by molar-refractivity contribution is 0.734. The predicted molar refractivity (Wildman–Crippen MR) is 73.1 cm³/mol. The molecule has 0 saturated heterocycles. The van der Waals surface area contributed by atoms with Gasteiger partial charge in [-0.1, -0.05) is 12.1 Å². The number of rotatable bonds is 4. The lowest BCUT2D eigenvalue weighted by atomic mass is 10.2. The molecule has 2 N–H and O–H groups in total. The molecule has 1 heterocycles. The van der Waals surface area contributed by atoms with Crippen LogP contribution >= 0.6 is 11.8 Å². The van der Waals surface area contributed by atoms with Crippen molar-refractivity contribution in [1.82, 2.24) is 9.55 Å². The molecule has 1 aromatic carbocycles. The predicted octanol–water partition coefficient (Wildman–Crippen LogP) is 3.09. The highest BCUT2D eigenvalue weighted by atomic mass is 32.2. The van der Waals surface area contributed by atoms with Crippen molar-refractivity contribution < 1.29 is 0 Å². The molecule has 4 heteroatoms. The van der Waals surface area contributed by atoms with Crippen molar-refractivity contribution in [3.05, 3.63) is 42.0 Å². The molecule has 0 atom stereocenters. The number of nitrogens with two attached hydrogens (primary N) is 1. The van der Waals surface area contributed by atoms with E-state index in [1.165, 1.54) is 5.69 Å². The van der Waals surface area contributed by atoms with Gasteiger partial charge in [-0.05, 0) is 25.5 Å². The Hall–Kier alpha value is -1.42. The Bertz CT molecular complexity index is 505. The molecule has 1 aromatic heterocycles. The number of para-hydroxylation sites is 1. The molecule has 90 valence electrons. The number of nitrogen functional groups attached to an aromatic ring is 1. The maximum atomic E-state index is 6.05. The highest BCUT2D eigenvalue weighted by Crippen LogP contribution is 2.29. The zero-order valence-electron chi connectivity index (χ0n) is 10.2. The standard InChI is InChI=1S/C13H17N3S/c1-3-16-9-15-7-11(16)8-17-12-6-4-5-10(2)13(12)14/h4-7,9H,3,8,14H2,1-2H3. The van der Waals surface area contributed by atoms with E-state index < -0.39 is 0 Å². The first-order valence-corrected chi connectivity index (χ1v) is 6.67. The second kappa shape index (κ2) is 5.27. The number of thioether (sulfide) groups is 1. The largest absolute Gasteiger partial charge is 0.398 e. The molecule has 2 aromatic rings. The highest BCUT2D eigenvalue weighted by Gasteiger charge is 2.05. The van der Waals surface area contributed by atoms with Crippen molar-refractivity contribution in [2.75, 3.05) is 5.73 Å². The highest BCUT2D eigenvalue weighted by molar-refractivity contribution is 7.98. The minimum Gasteiger partial charge on any atom is -0.398 e. The minimum absolute atomic E-state index is 0.889. The molecular formula is C13H17N3S. The van der Waals surface area contributed by atoms with Gasteiger partial charge in [-0.15, -0.1) is 11.8 Å². The number of benzene rings is 1. The summed E-state index contributed by atoms with van der Waals surface area (Å²) in [5.74, 6) is 0.904. The summed E-state index contributed by atoms with van der Waals surface area (Å²) in [7, 11) is 0. The molecule has 0 radical (unpaired) electrons. The molecule has 0 aliphatic carbocycles. The van der Waals surface area contributed by atoms with Crippen LogP contribution in [-0.4, -0.2) is 9.55 Å². The van der Waals surface area contributed by atoms with Crippen molar-refractivity contribution in [2.45, 2.75) is 31.0 Å². The summed E-state index contributed by atoms with van der Waals surface area (Å²) in [6, 6.07) is 6.15. The smallest absolute Gasteiger partial charge is 0.0948 e. The zero-order chi connectivity index (χ0) is 12.3. The van der Waals surface area contributed by atoms with E-state index in [-0.39, 0.29) is 0 Å². The molecule has 0 fully saturated rings. The van der Waals surface area contributed by atoms with Crippen molar-refractivity contribution in [3.8, 4) is 0 Å². The van der Waals surface area contributed by atoms with Gasteiger partial charge < -0.3 is 10.3 Å². The summed E-state index contributed by atoms with van der Waals surface area (Å²) in [6.07, 6.45) is 3.79. The van der Waals surface area contributed by atoms with E-state index in [0.717, 1.165) is 28.4 Å². The SMILES string of the molecule is CCn1cncc1CSc1cccc(C)c1N. The Kier molecular flexibility index (Phi) is 3.74. The van der Waals surface area contributed by atoms with Gasteiger partial charge in [0.15, 0.2) is 0 Å². The van der Waals surface area contributed by atoms with E-state index in [1.807, 2.05) is 31.6 Å². The molecular weight excluding hydrogens is 230 g/mol. The van der Waals surface area contributed by atoms with Crippen LogP contribution in [0.25, 0.3) is 0 Å². The first kappa shape index (κ1) is 12.0. The maximum Gasteiger partial charge on any atom is 0.0948 e. The number of hydrogen-bond acceptors (Lipinski definition) is 3. The molecule has 0 spiro atoms. The number of nitrogens with zero attached hydrogens (tertiary/aromatic N) is 2. The normalized spacial score (nSPS) is 10.7. The van der Waals surface area contributed by atoms with Crippen LogP contribution in [0.5, 0.6) is 0 Å². The van der Waals surface area contributed by atoms with E-state index in [4.69, 9.17) is 5.73 Å². The van der Waals surface area contributed by atoms with Gasteiger partial charge in [-0.2, -0.15) is 0 Å². The Morgan fingerprint density at radius 3 is 3.00 bits per heavy atom. The first-order valence-electron chi connectivity index (χ1n) is 5.69. The molecule has 17 heavy (non-hydrogen) atoms. The number of aromatic nitrogens is 2. The van der Waals surface area contributed by atoms with Crippen LogP contribution in [0.1, 0.15) is 18.2 Å². The van der Waals surface area contributed by atoms with Gasteiger partial charge in [-0.3, -0.25) is 0 Å². The fraction of sp³-hybridized carbons (Fsp3) is 0.308. The number of hydrogen-bond donors (Lipinski definition) is 1. The average Bonchev–Trinajstić information content (AvgIpc) is 2.78. The molecule has 0 unspecified atom stereocenters. The number of aryl methyl sites for hydroxylation is 2. The summed E-state index contributed by atoms with van der Waals surface area (Å²) in [6.45, 7) is 5.12. The van der Waals surface area contributed by atoms with E-state index in [9.17, 15) is 0 Å². The fourth-order valence-corrected chi connectivity index (χ4v) is 2.72. The Morgan fingerprint density at radius 1 is 1.41 bits per heavy atom. The second-order valence-corrected chi connectivity index (χ2v) is 4.96. The van der Waals surface area contributed by atoms with Crippen LogP contribution in [0.15, 0.2) is 35.6 Å². The van der Waals surface area contributed by atoms with Gasteiger partial charge in [0.25, 0.3) is 0 Å². The maximum absolute atomic E-state index is 6.05. The van der Waals surface area contributed by atoms with Crippen molar-refractivity contribution in [1.29, 1.82) is 0 Å². The summed E-state index contributed by atoms with van der Waals surface area (Å²) in [5, 5.41) is 0. The number of anilines is 1. The minimum atomic E-state index is 0.889. The van der Waals surface area contributed by atoms with Crippen molar-refractivity contribution >= 4 is 17.4 Å². The fourth-order valence-electron chi connectivity index (χ4n) is 1.68. The van der Waals surface area contributed by atoms with Gasteiger partial charge in [0, 0.05) is 34.8 Å². The van der Waals surface area contributed by atoms with Crippen LogP contribution in [0.3, 0.4) is 0 Å². The topological polar surface area (TPSA) is 43.8 Å². The van der Waals surface area contributed by atoms with Gasteiger partial charge in [0.1, 0.15) is 0 Å². The van der Waals surface area contributed by atoms with Crippen LogP contribution in [0.4, 0.5) is 5.69 Å². The van der Waals surface area contributed by atoms with Crippen LogP contribution in [-0.2, 0) is 12.3 Å². The lowest BCUT2D eigenvalue weighted by Crippen LogP contribution is -1.98. The van der Waals surface area contributed by atoms with Crippen molar-refractivity contribution in [3.63, 3.8) is 0 Å². The molecule has 3 nitrogen and oxygen atoms in total. The molecule has 0 aliphatic rings. The van der Waals surface area contributed by atoms with Crippen LogP contribution in [0.2, 0.25) is 0 Å². The third-order valence-corrected chi connectivity index (χ3v) is 3.91. The molecule has 0 aliphatic heterocycles. The molecule has 0 amide bonds. The first-order chi connectivity index (χ1) is 8.22. The third-order valence-electron chi connectivity index (χ3n) is 2.80. The van der Waals surface area contributed by atoms with E-state index in [1.54, 1.807) is 11.8 Å². The van der Waals surface area contributed by atoms with Gasteiger partial charge in [-0.25, -0.2) is 4.98 Å². The summed E-state index contributed by atoms with van der Waals surface area (Å²) in [5.41, 5.74) is 9.31. The van der Waals surface area contributed by atoms with Crippen LogP contribution in [0, 0.1) is 6.92 Å². The van der Waals surface area contributed by atoms with Crippen LogP contribution < -0.4 is 5.73 Å². The molecule has 2 rings (SSSR count). The Balaban J connectivity index is 2.10. The summed E-state index contributed by atoms with van der Waals surface area (Å²) >= 11 is 1.76. The van der Waals surface area contributed by atoms with E-state index >= 15 is 0 Å². The van der Waals surface area contributed by atoms with E-state index in [2.05, 4.69) is 22.5 Å². The average molecular weight is 247 g/mol. The van der Waals surface area contributed by atoms with Gasteiger partial charge in [0.2, 0.25) is 0 Å². The quantitative estimate of drug-likeness (QED) is 0.667. The zero-order valence-corrected chi connectivity index (χ0v) is 11.0.